The number of aliphatic hydroxyl groups is 1. The third-order valence-corrected chi connectivity index (χ3v) is 11.9. The second-order valence-corrected chi connectivity index (χ2v) is 15.9. The standard InChI is InChI=1S/C40H50ClN3O5S/c1-3-5-7-15-38(45)36-20-17-31(36)27-44-23-11-9-12-29-24-33(41)19-16-32(29)28-49-39-21-18-30(25-37(39)44)40(46)43-50(47,48)35(14-6-4-2)26-34-13-8-10-22-42-34/h4,7-8,10,13,15-16,18-19,21-22,24-25,31,35-36,38,45H,2-3,5-6,9,11-12,14,17,20,23,26-28H2,1H3,(H,43,46)/b15-7+/t31-,35+,36+,38-/m0/s1. The molecule has 2 N–H and O–H groups in total. The number of unbranched alkanes of at least 4 members (excludes halogenated alkanes) is 1. The number of aliphatic hydroxyl groups excluding tert-OH is 1. The fourth-order valence-electron chi connectivity index (χ4n) is 6.87. The average molecular weight is 720 g/mol. The summed E-state index contributed by atoms with van der Waals surface area (Å²) in [6.07, 6.45) is 14.4. The van der Waals surface area contributed by atoms with Crippen LogP contribution in [0.3, 0.4) is 0 Å². The molecule has 268 valence electrons. The summed E-state index contributed by atoms with van der Waals surface area (Å²) in [6.45, 7) is 7.61. The molecule has 10 heteroatoms. The monoisotopic (exact) mass is 719 g/mol. The molecule has 4 atom stereocenters. The maximum Gasteiger partial charge on any atom is 0.264 e. The van der Waals surface area contributed by atoms with Crippen LogP contribution in [0.15, 0.2) is 85.6 Å². The van der Waals surface area contributed by atoms with E-state index < -0.39 is 27.3 Å². The van der Waals surface area contributed by atoms with Crippen molar-refractivity contribution in [3.63, 3.8) is 0 Å². The number of hydrogen-bond acceptors (Lipinski definition) is 7. The van der Waals surface area contributed by atoms with Crippen LogP contribution < -0.4 is 14.4 Å². The number of carbonyl (C=O) groups is 1. The molecule has 1 fully saturated rings. The van der Waals surface area contributed by atoms with E-state index in [2.05, 4.69) is 34.2 Å². The number of halogens is 1. The van der Waals surface area contributed by atoms with Crippen LogP contribution in [0, 0.1) is 11.8 Å². The lowest BCUT2D eigenvalue weighted by Gasteiger charge is -2.42. The average Bonchev–Trinajstić information content (AvgIpc) is 3.12. The van der Waals surface area contributed by atoms with Gasteiger partial charge in [0.05, 0.1) is 17.0 Å². The number of hydrogen-bond donors (Lipinski definition) is 2. The highest BCUT2D eigenvalue weighted by Crippen LogP contribution is 2.41. The summed E-state index contributed by atoms with van der Waals surface area (Å²) in [5, 5.41) is 10.8. The number of pyridine rings is 1. The number of aromatic nitrogens is 1. The second-order valence-electron chi connectivity index (χ2n) is 13.5. The van der Waals surface area contributed by atoms with E-state index in [0.29, 0.717) is 49.0 Å². The molecule has 2 aliphatic rings. The third kappa shape index (κ3) is 9.98. The van der Waals surface area contributed by atoms with Gasteiger partial charge in [0.25, 0.3) is 5.91 Å². The fraction of sp³-hybridized carbons (Fsp3) is 0.450. The van der Waals surface area contributed by atoms with Crippen molar-refractivity contribution in [3.8, 4) is 5.75 Å². The van der Waals surface area contributed by atoms with Crippen molar-refractivity contribution in [1.29, 1.82) is 0 Å². The summed E-state index contributed by atoms with van der Waals surface area (Å²) in [5.74, 6) is 0.343. The lowest BCUT2D eigenvalue weighted by Crippen LogP contribution is -2.43. The first kappa shape index (κ1) is 37.6. The molecule has 8 nitrogen and oxygen atoms in total. The first-order valence-corrected chi connectivity index (χ1v) is 19.8. The number of fused-ring (bicyclic) bond motifs is 2. The Hall–Kier alpha value is -3.66. The minimum absolute atomic E-state index is 0.153. The zero-order valence-corrected chi connectivity index (χ0v) is 30.5. The first-order valence-electron chi connectivity index (χ1n) is 17.9. The van der Waals surface area contributed by atoms with Gasteiger partial charge in [-0.15, -0.1) is 6.58 Å². The number of amides is 1. The SMILES string of the molecule is C=CCC[C@H](Cc1ccccn1)S(=O)(=O)NC(=O)c1ccc2c(c1)N(C[C@@H]1CC[C@H]1[C@@H](O)/C=C/CCC)CCCCc1cc(Cl)ccc1CO2. The number of benzene rings is 2. The lowest BCUT2D eigenvalue weighted by atomic mass is 9.70. The molecule has 2 aromatic carbocycles. The summed E-state index contributed by atoms with van der Waals surface area (Å²) in [7, 11) is -4.06. The molecule has 1 amide bonds. The quantitative estimate of drug-likeness (QED) is 0.164. The van der Waals surface area contributed by atoms with Gasteiger partial charge < -0.3 is 14.7 Å². The topological polar surface area (TPSA) is 109 Å². The number of rotatable bonds is 14. The molecule has 0 spiro atoms. The van der Waals surface area contributed by atoms with Gasteiger partial charge in [0.15, 0.2) is 0 Å². The number of anilines is 1. The Kier molecular flexibility index (Phi) is 13.5. The van der Waals surface area contributed by atoms with Crippen molar-refractivity contribution in [1.82, 2.24) is 9.71 Å². The molecule has 1 saturated carbocycles. The third-order valence-electron chi connectivity index (χ3n) is 9.93. The number of sulfonamides is 1. The molecule has 0 unspecified atom stereocenters. The Balaban J connectivity index is 1.42. The van der Waals surface area contributed by atoms with Crippen LogP contribution in [0.1, 0.15) is 85.5 Å². The van der Waals surface area contributed by atoms with E-state index in [1.807, 2.05) is 30.3 Å². The summed E-state index contributed by atoms with van der Waals surface area (Å²) in [6, 6.07) is 16.4. The molecule has 50 heavy (non-hydrogen) atoms. The number of carbonyl (C=O) groups excluding carboxylic acids is 1. The normalized spacial score (nSPS) is 19.2. The maximum absolute atomic E-state index is 13.7. The molecule has 0 saturated heterocycles. The van der Waals surface area contributed by atoms with Crippen molar-refractivity contribution in [2.45, 2.75) is 89.1 Å². The molecule has 3 aromatic rings. The van der Waals surface area contributed by atoms with Gasteiger partial charge in [-0.3, -0.25) is 9.78 Å². The second kappa shape index (κ2) is 18.0. The van der Waals surface area contributed by atoms with Crippen LogP contribution in [0.2, 0.25) is 5.02 Å². The number of nitrogens with zero attached hydrogens (tertiary/aromatic N) is 2. The van der Waals surface area contributed by atoms with Crippen molar-refractivity contribution in [2.24, 2.45) is 11.8 Å². The Morgan fingerprint density at radius 3 is 2.74 bits per heavy atom. The zero-order chi connectivity index (χ0) is 35.5. The van der Waals surface area contributed by atoms with Crippen molar-refractivity contribution in [2.75, 3.05) is 18.0 Å². The minimum atomic E-state index is -4.06. The Morgan fingerprint density at radius 1 is 1.14 bits per heavy atom. The van der Waals surface area contributed by atoms with Crippen molar-refractivity contribution < 1.29 is 23.1 Å². The van der Waals surface area contributed by atoms with Gasteiger partial charge in [-0.2, -0.15) is 0 Å². The van der Waals surface area contributed by atoms with Crippen LogP contribution in [0.25, 0.3) is 0 Å². The van der Waals surface area contributed by atoms with Gasteiger partial charge >= 0.3 is 0 Å². The molecule has 0 bridgehead atoms. The summed E-state index contributed by atoms with van der Waals surface area (Å²) < 4.78 is 36.2. The first-order chi connectivity index (χ1) is 24.2. The largest absolute Gasteiger partial charge is 0.487 e. The van der Waals surface area contributed by atoms with E-state index in [0.717, 1.165) is 61.8 Å². The zero-order valence-electron chi connectivity index (χ0n) is 29.0. The van der Waals surface area contributed by atoms with Gasteiger partial charge in [-0.1, -0.05) is 55.3 Å². The Labute approximate surface area is 302 Å². The van der Waals surface area contributed by atoms with Crippen molar-refractivity contribution >= 4 is 33.2 Å². The van der Waals surface area contributed by atoms with Crippen LogP contribution in [-0.2, 0) is 29.5 Å². The smallest absolute Gasteiger partial charge is 0.264 e. The summed E-state index contributed by atoms with van der Waals surface area (Å²) in [4.78, 5) is 20.3. The molecule has 1 aliphatic heterocycles. The van der Waals surface area contributed by atoms with Gasteiger partial charge in [0.1, 0.15) is 12.4 Å². The van der Waals surface area contributed by atoms with E-state index >= 15 is 0 Å². The predicted molar refractivity (Wildman–Crippen MR) is 201 cm³/mol. The molecular weight excluding hydrogens is 670 g/mol. The molecule has 1 aromatic heterocycles. The molecule has 2 heterocycles. The number of ether oxygens (including phenoxy) is 1. The Morgan fingerprint density at radius 2 is 2.00 bits per heavy atom. The van der Waals surface area contributed by atoms with Crippen LogP contribution >= 0.6 is 11.6 Å². The number of aryl methyl sites for hydroxylation is 1. The van der Waals surface area contributed by atoms with Gasteiger partial charge in [-0.25, -0.2) is 13.1 Å². The maximum atomic E-state index is 13.7. The van der Waals surface area contributed by atoms with Crippen LogP contribution in [0.4, 0.5) is 5.69 Å². The van der Waals surface area contributed by atoms with Crippen LogP contribution in [-0.4, -0.2) is 48.9 Å². The fourth-order valence-corrected chi connectivity index (χ4v) is 8.45. The van der Waals surface area contributed by atoms with Crippen molar-refractivity contribution in [3.05, 3.63) is 113 Å². The number of allylic oxidation sites excluding steroid dienone is 2. The highest BCUT2D eigenvalue weighted by molar-refractivity contribution is 7.90. The Bertz CT molecular complexity index is 1730. The lowest BCUT2D eigenvalue weighted by molar-refractivity contribution is 0.0461. The van der Waals surface area contributed by atoms with E-state index in [9.17, 15) is 18.3 Å². The molecule has 1 aliphatic carbocycles. The number of nitrogens with one attached hydrogen (secondary N) is 1. The highest BCUT2D eigenvalue weighted by Gasteiger charge is 2.37. The summed E-state index contributed by atoms with van der Waals surface area (Å²) >= 11 is 6.35. The van der Waals surface area contributed by atoms with E-state index in [-0.39, 0.29) is 23.8 Å². The van der Waals surface area contributed by atoms with Crippen LogP contribution in [0.5, 0.6) is 5.75 Å². The molecule has 0 radical (unpaired) electrons. The van der Waals surface area contributed by atoms with Gasteiger partial charge in [-0.05, 0) is 117 Å². The van der Waals surface area contributed by atoms with Gasteiger partial charge in [0, 0.05) is 42.0 Å². The van der Waals surface area contributed by atoms with E-state index in [1.165, 1.54) is 0 Å². The van der Waals surface area contributed by atoms with E-state index in [1.54, 1.807) is 42.6 Å². The molecular formula is C40H50ClN3O5S. The van der Waals surface area contributed by atoms with E-state index in [4.69, 9.17) is 16.3 Å². The predicted octanol–water partition coefficient (Wildman–Crippen LogP) is 7.84. The van der Waals surface area contributed by atoms with Gasteiger partial charge in [0.2, 0.25) is 10.0 Å². The minimum Gasteiger partial charge on any atom is -0.487 e. The summed E-state index contributed by atoms with van der Waals surface area (Å²) in [5.41, 5.74) is 3.83. The highest BCUT2D eigenvalue weighted by atomic mass is 35.5. The molecule has 5 rings (SSSR count).